The molecule has 0 N–H and O–H groups in total. The fourth-order valence-corrected chi connectivity index (χ4v) is 5.98. The molecule has 0 amide bonds. The SMILES string of the molecule is O=c1cc(N2CCN(S(=O)(=O)c3ccc(Cl)s3)CC2)nc2ccccn12. The second kappa shape index (κ2) is 6.66. The third-order valence-electron chi connectivity index (χ3n) is 4.26. The Morgan fingerprint density at radius 1 is 1.08 bits per heavy atom. The molecule has 3 aromatic heterocycles. The second-order valence-corrected chi connectivity index (χ2v) is 9.71. The topological polar surface area (TPSA) is 75.0 Å². The van der Waals surface area contributed by atoms with Gasteiger partial charge in [0.25, 0.3) is 15.6 Å². The number of aromatic nitrogens is 2. The summed E-state index contributed by atoms with van der Waals surface area (Å²) in [4.78, 5) is 18.7. The third kappa shape index (κ3) is 3.11. The van der Waals surface area contributed by atoms with E-state index in [0.717, 1.165) is 11.3 Å². The molecule has 4 rings (SSSR count). The quantitative estimate of drug-likeness (QED) is 0.659. The van der Waals surface area contributed by atoms with E-state index in [1.54, 1.807) is 24.4 Å². The van der Waals surface area contributed by atoms with Crippen molar-refractivity contribution in [2.75, 3.05) is 31.1 Å². The van der Waals surface area contributed by atoms with Crippen molar-refractivity contribution in [3.05, 3.63) is 57.3 Å². The minimum Gasteiger partial charge on any atom is -0.354 e. The Morgan fingerprint density at radius 3 is 2.54 bits per heavy atom. The van der Waals surface area contributed by atoms with Crippen molar-refractivity contribution in [2.45, 2.75) is 4.21 Å². The molecule has 26 heavy (non-hydrogen) atoms. The lowest BCUT2D eigenvalue weighted by atomic mass is 10.3. The van der Waals surface area contributed by atoms with E-state index in [0.29, 0.717) is 42.0 Å². The minimum atomic E-state index is -3.54. The molecule has 0 aliphatic carbocycles. The molecule has 0 atom stereocenters. The zero-order chi connectivity index (χ0) is 18.3. The van der Waals surface area contributed by atoms with Crippen molar-refractivity contribution < 1.29 is 8.42 Å². The van der Waals surface area contributed by atoms with Gasteiger partial charge < -0.3 is 4.90 Å². The van der Waals surface area contributed by atoms with Crippen LogP contribution in [0.4, 0.5) is 5.82 Å². The molecule has 0 spiro atoms. The van der Waals surface area contributed by atoms with Gasteiger partial charge in [-0.3, -0.25) is 9.20 Å². The predicted octanol–water partition coefficient (Wildman–Crippen LogP) is 1.92. The number of hydrogen-bond donors (Lipinski definition) is 0. The molecule has 0 aromatic carbocycles. The summed E-state index contributed by atoms with van der Waals surface area (Å²) in [6, 6.07) is 9.96. The van der Waals surface area contributed by atoms with Gasteiger partial charge in [-0.1, -0.05) is 17.7 Å². The monoisotopic (exact) mass is 410 g/mol. The molecular weight excluding hydrogens is 396 g/mol. The summed E-state index contributed by atoms with van der Waals surface area (Å²) in [5, 5.41) is 0. The second-order valence-electron chi connectivity index (χ2n) is 5.83. The molecule has 0 bridgehead atoms. The van der Waals surface area contributed by atoms with Crippen LogP contribution in [0.25, 0.3) is 5.65 Å². The fourth-order valence-electron chi connectivity index (χ4n) is 2.92. The maximum atomic E-state index is 12.7. The van der Waals surface area contributed by atoms with Crippen molar-refractivity contribution in [1.29, 1.82) is 0 Å². The number of halogens is 1. The Balaban J connectivity index is 1.55. The first kappa shape index (κ1) is 17.5. The number of anilines is 1. The largest absolute Gasteiger partial charge is 0.354 e. The van der Waals surface area contributed by atoms with Gasteiger partial charge in [0.05, 0.1) is 4.34 Å². The number of fused-ring (bicyclic) bond motifs is 1. The Bertz CT molecular complexity index is 1120. The number of thiophene rings is 1. The molecule has 1 fully saturated rings. The average Bonchev–Trinajstić information content (AvgIpc) is 3.09. The summed E-state index contributed by atoms with van der Waals surface area (Å²) in [6.45, 7) is 1.59. The Morgan fingerprint density at radius 2 is 1.85 bits per heavy atom. The molecule has 1 aliphatic heterocycles. The molecule has 4 heterocycles. The molecule has 10 heteroatoms. The van der Waals surface area contributed by atoms with Crippen LogP contribution in [0.2, 0.25) is 4.34 Å². The lowest BCUT2D eigenvalue weighted by Crippen LogP contribution is -2.49. The zero-order valence-electron chi connectivity index (χ0n) is 13.6. The van der Waals surface area contributed by atoms with Crippen LogP contribution in [0.1, 0.15) is 0 Å². The van der Waals surface area contributed by atoms with Gasteiger partial charge in [0, 0.05) is 38.4 Å². The number of piperazine rings is 1. The van der Waals surface area contributed by atoms with Gasteiger partial charge in [-0.15, -0.1) is 11.3 Å². The highest BCUT2D eigenvalue weighted by Crippen LogP contribution is 2.29. The Kier molecular flexibility index (Phi) is 4.47. The van der Waals surface area contributed by atoms with Gasteiger partial charge in [0.15, 0.2) is 0 Å². The first-order valence-electron chi connectivity index (χ1n) is 7.94. The van der Waals surface area contributed by atoms with Crippen molar-refractivity contribution in [1.82, 2.24) is 13.7 Å². The number of rotatable bonds is 3. The molecule has 0 unspecified atom stereocenters. The molecule has 136 valence electrons. The molecule has 1 saturated heterocycles. The summed E-state index contributed by atoms with van der Waals surface area (Å²) < 4.78 is 28.9. The standard InChI is InChI=1S/C16H15ClN4O3S2/c17-12-4-5-16(25-12)26(23,24)20-9-7-19(8-10-20)14-11-15(22)21-6-2-1-3-13(21)18-14/h1-6,11H,7-10H2. The van der Waals surface area contributed by atoms with E-state index >= 15 is 0 Å². The highest BCUT2D eigenvalue weighted by molar-refractivity contribution is 7.91. The van der Waals surface area contributed by atoms with Crippen LogP contribution in [0, 0.1) is 0 Å². The molecule has 1 aliphatic rings. The summed E-state index contributed by atoms with van der Waals surface area (Å²) >= 11 is 6.91. The molecule has 0 radical (unpaired) electrons. The smallest absolute Gasteiger partial charge is 0.259 e. The van der Waals surface area contributed by atoms with Crippen LogP contribution < -0.4 is 10.5 Å². The van der Waals surface area contributed by atoms with Crippen LogP contribution in [-0.2, 0) is 10.0 Å². The average molecular weight is 411 g/mol. The van der Waals surface area contributed by atoms with Crippen molar-refractivity contribution in [3.63, 3.8) is 0 Å². The van der Waals surface area contributed by atoms with Gasteiger partial charge >= 0.3 is 0 Å². The Labute approximate surface area is 159 Å². The van der Waals surface area contributed by atoms with Gasteiger partial charge in [-0.2, -0.15) is 4.31 Å². The molecule has 0 saturated carbocycles. The van der Waals surface area contributed by atoms with Gasteiger partial charge in [-0.25, -0.2) is 13.4 Å². The van der Waals surface area contributed by atoms with Crippen molar-refractivity contribution >= 4 is 44.4 Å². The van der Waals surface area contributed by atoms with Crippen LogP contribution in [0.3, 0.4) is 0 Å². The van der Waals surface area contributed by atoms with Crippen LogP contribution in [-0.4, -0.2) is 48.3 Å². The summed E-state index contributed by atoms with van der Waals surface area (Å²) in [7, 11) is -3.54. The maximum absolute atomic E-state index is 12.7. The fraction of sp³-hybridized carbons (Fsp3) is 0.250. The Hall–Kier alpha value is -1.94. The van der Waals surface area contributed by atoms with Crippen molar-refractivity contribution in [3.8, 4) is 0 Å². The summed E-state index contributed by atoms with van der Waals surface area (Å²) in [6.07, 6.45) is 1.67. The summed E-state index contributed by atoms with van der Waals surface area (Å²) in [5.74, 6) is 0.567. The van der Waals surface area contributed by atoms with E-state index in [-0.39, 0.29) is 9.77 Å². The van der Waals surface area contributed by atoms with E-state index in [9.17, 15) is 13.2 Å². The zero-order valence-corrected chi connectivity index (χ0v) is 16.0. The van der Waals surface area contributed by atoms with E-state index in [1.165, 1.54) is 20.8 Å². The number of nitrogens with zero attached hydrogens (tertiary/aromatic N) is 4. The van der Waals surface area contributed by atoms with Gasteiger partial charge in [0.1, 0.15) is 15.7 Å². The lowest BCUT2D eigenvalue weighted by Gasteiger charge is -2.34. The van der Waals surface area contributed by atoms with E-state index < -0.39 is 10.0 Å². The minimum absolute atomic E-state index is 0.158. The van der Waals surface area contributed by atoms with E-state index in [1.807, 2.05) is 11.0 Å². The lowest BCUT2D eigenvalue weighted by molar-refractivity contribution is 0.385. The first-order chi connectivity index (χ1) is 12.4. The van der Waals surface area contributed by atoms with E-state index in [4.69, 9.17) is 11.6 Å². The van der Waals surface area contributed by atoms with Crippen LogP contribution in [0.5, 0.6) is 0 Å². The molecule has 7 nitrogen and oxygen atoms in total. The summed E-state index contributed by atoms with van der Waals surface area (Å²) in [5.41, 5.74) is 0.409. The number of sulfonamides is 1. The van der Waals surface area contributed by atoms with Crippen LogP contribution in [0.15, 0.2) is 51.6 Å². The van der Waals surface area contributed by atoms with Crippen LogP contribution >= 0.6 is 22.9 Å². The highest BCUT2D eigenvalue weighted by atomic mass is 35.5. The van der Waals surface area contributed by atoms with Crippen molar-refractivity contribution in [2.24, 2.45) is 0 Å². The maximum Gasteiger partial charge on any atom is 0.259 e. The molecular formula is C16H15ClN4O3S2. The normalized spacial score (nSPS) is 16.3. The first-order valence-corrected chi connectivity index (χ1v) is 10.6. The number of hydrogen-bond acceptors (Lipinski definition) is 6. The van der Waals surface area contributed by atoms with Gasteiger partial charge in [0.2, 0.25) is 0 Å². The van der Waals surface area contributed by atoms with E-state index in [2.05, 4.69) is 4.98 Å². The van der Waals surface area contributed by atoms with Gasteiger partial charge in [-0.05, 0) is 24.3 Å². The third-order valence-corrected chi connectivity index (χ3v) is 7.86. The number of pyridine rings is 1. The highest BCUT2D eigenvalue weighted by Gasteiger charge is 2.30. The predicted molar refractivity (Wildman–Crippen MR) is 102 cm³/mol. The molecule has 3 aromatic rings.